The van der Waals surface area contributed by atoms with E-state index in [0.29, 0.717) is 5.75 Å². The van der Waals surface area contributed by atoms with Crippen molar-refractivity contribution in [2.75, 3.05) is 26.0 Å². The zero-order valence-corrected chi connectivity index (χ0v) is 11.6. The smallest absolute Gasteiger partial charge is 0.240 e. The molecule has 0 fully saturated rings. The van der Waals surface area contributed by atoms with Crippen LogP contribution in [0.2, 0.25) is 0 Å². The summed E-state index contributed by atoms with van der Waals surface area (Å²) in [6, 6.07) is 4.04. The summed E-state index contributed by atoms with van der Waals surface area (Å²) in [5, 5.41) is 18.4. The van der Waals surface area contributed by atoms with Gasteiger partial charge in [-0.2, -0.15) is 0 Å². The Balaban J connectivity index is 2.92. The van der Waals surface area contributed by atoms with Gasteiger partial charge in [0.05, 0.1) is 29.9 Å². The molecule has 0 aromatic heterocycles. The topological polar surface area (TPSA) is 122 Å². The van der Waals surface area contributed by atoms with Crippen LogP contribution in [0.4, 0.5) is 5.69 Å². The van der Waals surface area contributed by atoms with Crippen molar-refractivity contribution in [3.05, 3.63) is 18.2 Å². The van der Waals surface area contributed by atoms with E-state index in [2.05, 4.69) is 4.72 Å². The molecule has 0 aliphatic rings. The lowest BCUT2D eigenvalue weighted by Crippen LogP contribution is -2.43. The predicted molar refractivity (Wildman–Crippen MR) is 70.3 cm³/mol. The molecule has 108 valence electrons. The fourth-order valence-corrected chi connectivity index (χ4v) is 2.47. The van der Waals surface area contributed by atoms with Crippen molar-refractivity contribution in [3.63, 3.8) is 0 Å². The zero-order valence-electron chi connectivity index (χ0n) is 10.8. The molecule has 19 heavy (non-hydrogen) atoms. The summed E-state index contributed by atoms with van der Waals surface area (Å²) < 4.78 is 31.0. The van der Waals surface area contributed by atoms with Crippen molar-refractivity contribution in [1.29, 1.82) is 0 Å². The first kappa shape index (κ1) is 15.7. The molecule has 7 nitrogen and oxygen atoms in total. The summed E-state index contributed by atoms with van der Waals surface area (Å²) in [6.07, 6.45) is 0. The Labute approximate surface area is 112 Å². The summed E-state index contributed by atoms with van der Waals surface area (Å²) >= 11 is 0. The Morgan fingerprint density at radius 3 is 2.58 bits per heavy atom. The van der Waals surface area contributed by atoms with Gasteiger partial charge in [-0.15, -0.1) is 0 Å². The minimum Gasteiger partial charge on any atom is -0.495 e. The second-order valence-electron chi connectivity index (χ2n) is 4.38. The molecule has 0 heterocycles. The molecule has 1 aromatic rings. The van der Waals surface area contributed by atoms with E-state index >= 15 is 0 Å². The van der Waals surface area contributed by atoms with Crippen LogP contribution in [0.5, 0.6) is 5.75 Å². The summed E-state index contributed by atoms with van der Waals surface area (Å²) in [5.41, 5.74) is 4.30. The third-order valence-corrected chi connectivity index (χ3v) is 3.89. The molecule has 0 saturated carbocycles. The maximum absolute atomic E-state index is 11.9. The molecule has 1 aromatic carbocycles. The minimum absolute atomic E-state index is 0.0421. The number of nitrogen functional groups attached to an aromatic ring is 1. The molecule has 0 aliphatic heterocycles. The van der Waals surface area contributed by atoms with E-state index in [4.69, 9.17) is 15.6 Å². The normalized spacial score (nSPS) is 14.9. The van der Waals surface area contributed by atoms with Gasteiger partial charge in [0.1, 0.15) is 5.75 Å². The fraction of sp³-hybridized carbons (Fsp3) is 0.455. The van der Waals surface area contributed by atoms with Gasteiger partial charge in [0.25, 0.3) is 0 Å². The number of hydrogen-bond acceptors (Lipinski definition) is 6. The Morgan fingerprint density at radius 1 is 1.47 bits per heavy atom. The molecular weight excluding hydrogens is 272 g/mol. The van der Waals surface area contributed by atoms with Crippen molar-refractivity contribution in [1.82, 2.24) is 4.72 Å². The standard InChI is InChI=1S/C11H18N2O5S/c1-11(15,7-14)6-13-19(16,17)8-3-4-10(18-2)9(12)5-8/h3-5,13-15H,6-7,12H2,1-2H3. The molecular formula is C11H18N2O5S. The Bertz CT molecular complexity index is 542. The van der Waals surface area contributed by atoms with Crippen LogP contribution in [0.3, 0.4) is 0 Å². The first-order valence-corrected chi connectivity index (χ1v) is 6.96. The van der Waals surface area contributed by atoms with E-state index in [0.717, 1.165) is 0 Å². The first-order valence-electron chi connectivity index (χ1n) is 5.48. The molecule has 8 heteroatoms. The minimum atomic E-state index is -3.81. The molecule has 0 bridgehead atoms. The summed E-state index contributed by atoms with van der Waals surface area (Å²) in [7, 11) is -2.38. The van der Waals surface area contributed by atoms with Gasteiger partial charge >= 0.3 is 0 Å². The van der Waals surface area contributed by atoms with Gasteiger partial charge in [0, 0.05) is 6.54 Å². The number of aliphatic hydroxyl groups is 2. The highest BCUT2D eigenvalue weighted by molar-refractivity contribution is 7.89. The van der Waals surface area contributed by atoms with E-state index in [1.807, 2.05) is 0 Å². The highest BCUT2D eigenvalue weighted by Crippen LogP contribution is 2.24. The molecule has 5 N–H and O–H groups in total. The first-order chi connectivity index (χ1) is 8.72. The fourth-order valence-electron chi connectivity index (χ4n) is 1.27. The molecule has 0 aliphatic carbocycles. The number of benzene rings is 1. The molecule has 1 atom stereocenters. The predicted octanol–water partition coefficient (Wildman–Crippen LogP) is -0.701. The third-order valence-electron chi connectivity index (χ3n) is 2.50. The Hall–Kier alpha value is -1.35. The lowest BCUT2D eigenvalue weighted by molar-refractivity contribution is 0.00681. The second-order valence-corrected chi connectivity index (χ2v) is 6.15. The number of methoxy groups -OCH3 is 1. The van der Waals surface area contributed by atoms with Crippen LogP contribution in [0, 0.1) is 0 Å². The van der Waals surface area contributed by atoms with Crippen LogP contribution in [-0.2, 0) is 10.0 Å². The summed E-state index contributed by atoms with van der Waals surface area (Å²) in [6.45, 7) is 0.454. The van der Waals surface area contributed by atoms with Gasteiger partial charge in [0.15, 0.2) is 0 Å². The van der Waals surface area contributed by atoms with Crippen molar-refractivity contribution in [2.24, 2.45) is 0 Å². The molecule has 1 rings (SSSR count). The molecule has 0 amide bonds. The van der Waals surface area contributed by atoms with Crippen LogP contribution in [0.25, 0.3) is 0 Å². The second kappa shape index (κ2) is 5.74. The van der Waals surface area contributed by atoms with Crippen molar-refractivity contribution < 1.29 is 23.4 Å². The van der Waals surface area contributed by atoms with Gasteiger partial charge in [-0.25, -0.2) is 13.1 Å². The number of sulfonamides is 1. The quantitative estimate of drug-likeness (QED) is 0.514. The Morgan fingerprint density at radius 2 is 2.11 bits per heavy atom. The third kappa shape index (κ3) is 4.06. The summed E-state index contributed by atoms with van der Waals surface area (Å²) in [5.74, 6) is 0.376. The highest BCUT2D eigenvalue weighted by Gasteiger charge is 2.23. The van der Waals surface area contributed by atoms with Gasteiger partial charge in [-0.3, -0.25) is 0 Å². The van der Waals surface area contributed by atoms with E-state index in [-0.39, 0.29) is 17.1 Å². The SMILES string of the molecule is COc1ccc(S(=O)(=O)NCC(C)(O)CO)cc1N. The average molecular weight is 290 g/mol. The number of anilines is 1. The molecule has 1 unspecified atom stereocenters. The van der Waals surface area contributed by atoms with E-state index < -0.39 is 22.2 Å². The molecule has 0 radical (unpaired) electrons. The van der Waals surface area contributed by atoms with Gasteiger partial charge in [-0.1, -0.05) is 0 Å². The largest absolute Gasteiger partial charge is 0.495 e. The van der Waals surface area contributed by atoms with Crippen molar-refractivity contribution in [2.45, 2.75) is 17.4 Å². The van der Waals surface area contributed by atoms with Crippen LogP contribution in [0.1, 0.15) is 6.92 Å². The van der Waals surface area contributed by atoms with Crippen LogP contribution in [0.15, 0.2) is 23.1 Å². The van der Waals surface area contributed by atoms with Gasteiger partial charge in [-0.05, 0) is 25.1 Å². The zero-order chi connectivity index (χ0) is 14.7. The monoisotopic (exact) mass is 290 g/mol. The van der Waals surface area contributed by atoms with Gasteiger partial charge in [0.2, 0.25) is 10.0 Å². The van der Waals surface area contributed by atoms with Crippen LogP contribution >= 0.6 is 0 Å². The van der Waals surface area contributed by atoms with Gasteiger partial charge < -0.3 is 20.7 Å². The maximum atomic E-state index is 11.9. The Kier molecular flexibility index (Phi) is 4.75. The van der Waals surface area contributed by atoms with Crippen LogP contribution in [-0.4, -0.2) is 44.5 Å². The lowest BCUT2D eigenvalue weighted by Gasteiger charge is -2.20. The van der Waals surface area contributed by atoms with E-state index in [9.17, 15) is 13.5 Å². The van der Waals surface area contributed by atoms with Crippen molar-refractivity contribution >= 4 is 15.7 Å². The van der Waals surface area contributed by atoms with E-state index in [1.54, 1.807) is 0 Å². The highest BCUT2D eigenvalue weighted by atomic mass is 32.2. The van der Waals surface area contributed by atoms with E-state index in [1.165, 1.54) is 32.2 Å². The molecule has 0 spiro atoms. The summed E-state index contributed by atoms with van der Waals surface area (Å²) in [4.78, 5) is -0.0421. The maximum Gasteiger partial charge on any atom is 0.240 e. The number of aliphatic hydroxyl groups excluding tert-OH is 1. The lowest BCUT2D eigenvalue weighted by atomic mass is 10.1. The van der Waals surface area contributed by atoms with Crippen molar-refractivity contribution in [3.8, 4) is 5.75 Å². The molecule has 0 saturated heterocycles. The number of nitrogens with one attached hydrogen (secondary N) is 1. The van der Waals surface area contributed by atoms with Crippen LogP contribution < -0.4 is 15.2 Å². The number of ether oxygens (including phenoxy) is 1. The number of nitrogens with two attached hydrogens (primary N) is 1. The number of hydrogen-bond donors (Lipinski definition) is 4. The number of rotatable bonds is 6. The average Bonchev–Trinajstić information content (AvgIpc) is 2.36.